The van der Waals surface area contributed by atoms with Gasteiger partial charge in [-0.25, -0.2) is 0 Å². The zero-order valence-electron chi connectivity index (χ0n) is 11.8. The minimum absolute atomic E-state index is 0.833. The van der Waals surface area contributed by atoms with Gasteiger partial charge in [-0.1, -0.05) is 13.3 Å². The van der Waals surface area contributed by atoms with Crippen molar-refractivity contribution in [3.63, 3.8) is 0 Å². The molecular formula is C12H27NO4. The van der Waals surface area contributed by atoms with E-state index in [4.69, 9.17) is 14.6 Å². The van der Waals surface area contributed by atoms with Gasteiger partial charge in [0.25, 0.3) is 6.16 Å². The summed E-state index contributed by atoms with van der Waals surface area (Å²) in [5.74, 6) is 0. The fraction of sp³-hybridized carbons (Fsp3) is 0.917. The van der Waals surface area contributed by atoms with E-state index in [2.05, 4.69) is 32.6 Å². The number of nitrogens with zero attached hydrogens (tertiary/aromatic N) is 1. The van der Waals surface area contributed by atoms with Crippen LogP contribution in [0.4, 0.5) is 4.79 Å². The average molecular weight is 249 g/mol. The van der Waals surface area contributed by atoms with E-state index in [0.29, 0.717) is 0 Å². The molecule has 0 aliphatic rings. The highest BCUT2D eigenvalue weighted by molar-refractivity contribution is 5.53. The lowest BCUT2D eigenvalue weighted by molar-refractivity contribution is -0.926. The van der Waals surface area contributed by atoms with Gasteiger partial charge in [-0.3, -0.25) is 0 Å². The number of carbonyl (C=O) groups excluding carboxylic acids is 1. The monoisotopic (exact) mass is 249 g/mol. The molecule has 0 aliphatic carbocycles. The van der Waals surface area contributed by atoms with Crippen molar-refractivity contribution < 1.29 is 23.9 Å². The molecule has 0 N–H and O–H groups in total. The lowest BCUT2D eigenvalue weighted by atomic mass is 10.3. The number of hydrogen-bond acceptors (Lipinski definition) is 4. The maximum atomic E-state index is 9.03. The van der Waals surface area contributed by atoms with Gasteiger partial charge in [0, 0.05) is 13.7 Å². The van der Waals surface area contributed by atoms with E-state index in [9.17, 15) is 0 Å². The average Bonchev–Trinajstić information content (AvgIpc) is 2.34. The molecule has 0 aromatic rings. The standard InChI is InChI=1S/C10H24NO.C2H4O3/c1-5-8-9-11(4,6-2)10-12-7-3;1-5-2(3)4/h5-10H2,1-4H3;1H3,(H,3,4)/q+1;/p-1. The Kier molecular flexibility index (Phi) is 12.7. The van der Waals surface area contributed by atoms with Crippen molar-refractivity contribution in [2.45, 2.75) is 33.6 Å². The molecule has 0 bridgehead atoms. The predicted octanol–water partition coefficient (Wildman–Crippen LogP) is 1.22. The number of methoxy groups -OCH3 is 1. The Morgan fingerprint density at radius 2 is 1.82 bits per heavy atom. The third kappa shape index (κ3) is 13.1. The molecule has 5 nitrogen and oxygen atoms in total. The Labute approximate surface area is 105 Å². The van der Waals surface area contributed by atoms with E-state index in [1.807, 2.05) is 0 Å². The van der Waals surface area contributed by atoms with Crippen LogP contribution < -0.4 is 5.11 Å². The van der Waals surface area contributed by atoms with Crippen LogP contribution in [0.3, 0.4) is 0 Å². The summed E-state index contributed by atoms with van der Waals surface area (Å²) in [4.78, 5) is 9.03. The smallest absolute Gasteiger partial charge is 0.251 e. The van der Waals surface area contributed by atoms with Gasteiger partial charge in [-0.05, 0) is 20.3 Å². The molecule has 0 fully saturated rings. The van der Waals surface area contributed by atoms with Crippen LogP contribution in [0, 0.1) is 0 Å². The van der Waals surface area contributed by atoms with Gasteiger partial charge in [0.1, 0.15) is 0 Å². The van der Waals surface area contributed by atoms with Gasteiger partial charge < -0.3 is 23.9 Å². The van der Waals surface area contributed by atoms with Crippen LogP contribution in [0.2, 0.25) is 0 Å². The van der Waals surface area contributed by atoms with Crippen LogP contribution in [0.25, 0.3) is 0 Å². The van der Waals surface area contributed by atoms with Gasteiger partial charge in [-0.15, -0.1) is 0 Å². The van der Waals surface area contributed by atoms with Crippen molar-refractivity contribution in [1.29, 1.82) is 0 Å². The van der Waals surface area contributed by atoms with Crippen LogP contribution in [0.15, 0.2) is 0 Å². The molecule has 0 amide bonds. The molecule has 0 aliphatic heterocycles. The summed E-state index contributed by atoms with van der Waals surface area (Å²) < 4.78 is 10.1. The van der Waals surface area contributed by atoms with Gasteiger partial charge in [-0.2, -0.15) is 0 Å². The number of quaternary nitrogens is 1. The fourth-order valence-corrected chi connectivity index (χ4v) is 1.17. The molecular weight excluding hydrogens is 222 g/mol. The second-order valence-electron chi connectivity index (χ2n) is 4.09. The van der Waals surface area contributed by atoms with Crippen molar-refractivity contribution in [3.8, 4) is 0 Å². The highest BCUT2D eigenvalue weighted by Gasteiger charge is 2.17. The quantitative estimate of drug-likeness (QED) is 0.387. The van der Waals surface area contributed by atoms with E-state index < -0.39 is 6.16 Å². The van der Waals surface area contributed by atoms with E-state index in [1.165, 1.54) is 25.9 Å². The van der Waals surface area contributed by atoms with Crippen LogP contribution in [0.1, 0.15) is 33.6 Å². The highest BCUT2D eigenvalue weighted by atomic mass is 16.6. The summed E-state index contributed by atoms with van der Waals surface area (Å²) >= 11 is 0. The molecule has 104 valence electrons. The third-order valence-electron chi connectivity index (χ3n) is 2.59. The molecule has 17 heavy (non-hydrogen) atoms. The van der Waals surface area contributed by atoms with E-state index >= 15 is 0 Å². The second-order valence-corrected chi connectivity index (χ2v) is 4.09. The van der Waals surface area contributed by atoms with Crippen molar-refractivity contribution >= 4 is 6.16 Å². The van der Waals surface area contributed by atoms with E-state index in [0.717, 1.165) is 24.9 Å². The molecule has 0 aromatic heterocycles. The second kappa shape index (κ2) is 11.7. The molecule has 5 heteroatoms. The third-order valence-corrected chi connectivity index (χ3v) is 2.59. The summed E-state index contributed by atoms with van der Waals surface area (Å²) in [6.45, 7) is 10.6. The molecule has 0 saturated carbocycles. The summed E-state index contributed by atoms with van der Waals surface area (Å²) in [6, 6.07) is 0. The number of carbonyl (C=O) groups is 1. The normalized spacial score (nSPS) is 13.2. The van der Waals surface area contributed by atoms with Gasteiger partial charge in [0.2, 0.25) is 0 Å². The van der Waals surface area contributed by atoms with Crippen molar-refractivity contribution in [2.75, 3.05) is 40.6 Å². The number of ether oxygens (including phenoxy) is 2. The van der Waals surface area contributed by atoms with Crippen LogP contribution in [0.5, 0.6) is 0 Å². The SMILES string of the molecule is CCCC[N+](C)(CC)COCC.COC(=O)[O-]. The van der Waals surface area contributed by atoms with Crippen LogP contribution in [-0.4, -0.2) is 51.2 Å². The van der Waals surface area contributed by atoms with Gasteiger partial charge in [0.05, 0.1) is 20.1 Å². The zero-order valence-corrected chi connectivity index (χ0v) is 11.8. The number of rotatable bonds is 7. The number of carboxylic acid groups (broad SMARTS) is 1. The predicted molar refractivity (Wildman–Crippen MR) is 65.4 cm³/mol. The summed E-state index contributed by atoms with van der Waals surface area (Å²) in [7, 11) is 3.31. The van der Waals surface area contributed by atoms with E-state index in [-0.39, 0.29) is 0 Å². The Morgan fingerprint density at radius 1 is 1.29 bits per heavy atom. The maximum absolute atomic E-state index is 9.03. The minimum Gasteiger partial charge on any atom is -0.553 e. The fourth-order valence-electron chi connectivity index (χ4n) is 1.17. The Hall–Kier alpha value is -0.810. The van der Waals surface area contributed by atoms with Crippen LogP contribution in [-0.2, 0) is 9.47 Å². The Bertz CT molecular complexity index is 177. The number of hydrogen-bond donors (Lipinski definition) is 0. The van der Waals surface area contributed by atoms with E-state index in [1.54, 1.807) is 0 Å². The molecule has 1 atom stereocenters. The van der Waals surface area contributed by atoms with Gasteiger partial charge in [0.15, 0.2) is 6.73 Å². The topological polar surface area (TPSA) is 58.6 Å². The molecule has 0 saturated heterocycles. The molecule has 0 aromatic carbocycles. The first kappa shape index (κ1) is 18.6. The first-order valence-corrected chi connectivity index (χ1v) is 6.12. The van der Waals surface area contributed by atoms with Gasteiger partial charge >= 0.3 is 0 Å². The summed E-state index contributed by atoms with van der Waals surface area (Å²) in [5, 5.41) is 9.03. The first-order chi connectivity index (χ1) is 7.95. The largest absolute Gasteiger partial charge is 0.553 e. The first-order valence-electron chi connectivity index (χ1n) is 6.12. The minimum atomic E-state index is -1.50. The number of unbranched alkanes of at least 4 members (excludes halogenated alkanes) is 1. The van der Waals surface area contributed by atoms with Crippen molar-refractivity contribution in [3.05, 3.63) is 0 Å². The molecule has 1 unspecified atom stereocenters. The summed E-state index contributed by atoms with van der Waals surface area (Å²) in [5.41, 5.74) is 0. The van der Waals surface area contributed by atoms with Crippen molar-refractivity contribution in [1.82, 2.24) is 0 Å². The Morgan fingerprint density at radius 3 is 2.12 bits per heavy atom. The molecule has 0 rings (SSSR count). The van der Waals surface area contributed by atoms with Crippen LogP contribution >= 0.6 is 0 Å². The molecule has 0 heterocycles. The maximum Gasteiger partial charge on any atom is 0.251 e. The molecule has 0 spiro atoms. The Balaban J connectivity index is 0. The highest BCUT2D eigenvalue weighted by Crippen LogP contribution is 2.05. The lowest BCUT2D eigenvalue weighted by Crippen LogP contribution is -2.46. The lowest BCUT2D eigenvalue weighted by Gasteiger charge is -2.32. The molecule has 0 radical (unpaired) electrons. The zero-order chi connectivity index (χ0) is 13.7. The summed E-state index contributed by atoms with van der Waals surface area (Å²) in [6.07, 6.45) is 1.09. The van der Waals surface area contributed by atoms with Crippen molar-refractivity contribution in [2.24, 2.45) is 0 Å².